The summed E-state index contributed by atoms with van der Waals surface area (Å²) in [6.07, 6.45) is 0. The van der Waals surface area contributed by atoms with Crippen molar-refractivity contribution >= 4 is 56.1 Å². The molecule has 0 unspecified atom stereocenters. The van der Waals surface area contributed by atoms with E-state index >= 15 is 0 Å². The number of carbonyl (C=O) groups is 1. The monoisotopic (exact) mass is 402 g/mol. The zero-order valence-electron chi connectivity index (χ0n) is 14.9. The lowest BCUT2D eigenvalue weighted by Crippen LogP contribution is -2.06. The molecule has 4 rings (SSSR count). The van der Waals surface area contributed by atoms with Crippen LogP contribution >= 0.6 is 34.4 Å². The molecular formula is C18H18N4OS3. The zero-order chi connectivity index (χ0) is 18.4. The molecule has 0 saturated carbocycles. The topological polar surface area (TPSA) is 60.2 Å². The van der Waals surface area contributed by atoms with E-state index in [1.165, 1.54) is 33.5 Å². The summed E-state index contributed by atoms with van der Waals surface area (Å²) in [6, 6.07) is 3.76. The molecule has 4 aromatic rings. The Bertz CT molecular complexity index is 1110. The molecule has 5 nitrogen and oxygen atoms in total. The summed E-state index contributed by atoms with van der Waals surface area (Å²) >= 11 is 4.59. The van der Waals surface area contributed by atoms with Gasteiger partial charge in [-0.1, -0.05) is 31.7 Å². The highest BCUT2D eigenvalue weighted by Crippen LogP contribution is 2.34. The van der Waals surface area contributed by atoms with Crippen molar-refractivity contribution in [3.63, 3.8) is 0 Å². The van der Waals surface area contributed by atoms with Crippen LogP contribution in [0.1, 0.15) is 45.7 Å². The Morgan fingerprint density at radius 2 is 2.12 bits per heavy atom. The predicted molar refractivity (Wildman–Crippen MR) is 109 cm³/mol. The van der Waals surface area contributed by atoms with Gasteiger partial charge in [-0.25, -0.2) is 4.98 Å². The second kappa shape index (κ2) is 6.75. The second-order valence-electron chi connectivity index (χ2n) is 6.42. The molecule has 4 aromatic heterocycles. The van der Waals surface area contributed by atoms with Gasteiger partial charge in [-0.3, -0.25) is 9.20 Å². The van der Waals surface area contributed by atoms with Gasteiger partial charge in [0.05, 0.1) is 16.0 Å². The molecule has 26 heavy (non-hydrogen) atoms. The molecule has 0 radical (unpaired) electrons. The van der Waals surface area contributed by atoms with Crippen LogP contribution in [0.5, 0.6) is 0 Å². The van der Waals surface area contributed by atoms with Crippen LogP contribution in [-0.2, 0) is 0 Å². The van der Waals surface area contributed by atoms with Crippen LogP contribution in [0.2, 0.25) is 0 Å². The first kappa shape index (κ1) is 17.6. The highest BCUT2D eigenvalue weighted by Gasteiger charge is 2.21. The second-order valence-corrected chi connectivity index (χ2v) is 9.51. The molecule has 0 aliphatic heterocycles. The van der Waals surface area contributed by atoms with Gasteiger partial charge < -0.3 is 0 Å². The van der Waals surface area contributed by atoms with Crippen LogP contribution in [0.4, 0.5) is 0 Å². The molecule has 0 aliphatic rings. The third kappa shape index (κ3) is 2.86. The minimum Gasteiger partial charge on any atom is -0.292 e. The van der Waals surface area contributed by atoms with Crippen LogP contribution in [-0.4, -0.2) is 31.1 Å². The summed E-state index contributed by atoms with van der Waals surface area (Å²) in [5.74, 6) is 1.63. The van der Waals surface area contributed by atoms with Crippen molar-refractivity contribution in [3.05, 3.63) is 38.7 Å². The Balaban J connectivity index is 1.80. The normalized spacial score (nSPS) is 11.9. The number of hydrogen-bond donors (Lipinski definition) is 0. The van der Waals surface area contributed by atoms with Gasteiger partial charge >= 0.3 is 0 Å². The number of hydrogen-bond acceptors (Lipinski definition) is 7. The summed E-state index contributed by atoms with van der Waals surface area (Å²) in [5.41, 5.74) is 2.04. The molecular weight excluding hydrogens is 384 g/mol. The molecule has 0 fully saturated rings. The van der Waals surface area contributed by atoms with Crippen molar-refractivity contribution in [2.45, 2.75) is 38.8 Å². The van der Waals surface area contributed by atoms with Gasteiger partial charge in [0.15, 0.2) is 16.6 Å². The number of ketones is 1. The Morgan fingerprint density at radius 1 is 1.31 bits per heavy atom. The third-order valence-corrected chi connectivity index (χ3v) is 7.25. The predicted octanol–water partition coefficient (Wildman–Crippen LogP) is 5.12. The third-order valence-electron chi connectivity index (χ3n) is 4.31. The van der Waals surface area contributed by atoms with E-state index in [2.05, 4.69) is 37.9 Å². The van der Waals surface area contributed by atoms with Crippen LogP contribution in [0, 0.1) is 13.8 Å². The molecule has 8 heteroatoms. The maximum atomic E-state index is 12.3. The number of carbonyl (C=O) groups excluding carboxylic acids is 1. The van der Waals surface area contributed by atoms with Crippen molar-refractivity contribution in [1.29, 1.82) is 0 Å². The molecule has 0 amide bonds. The Hall–Kier alpha value is -1.77. The van der Waals surface area contributed by atoms with E-state index in [0.29, 0.717) is 5.75 Å². The maximum absolute atomic E-state index is 12.3. The molecule has 0 bridgehead atoms. The van der Waals surface area contributed by atoms with Gasteiger partial charge in [-0.2, -0.15) is 0 Å². The highest BCUT2D eigenvalue weighted by atomic mass is 32.2. The first-order valence-corrected chi connectivity index (χ1v) is 11.0. The number of aryl methyl sites for hydroxylation is 2. The highest BCUT2D eigenvalue weighted by molar-refractivity contribution is 7.99. The van der Waals surface area contributed by atoms with Crippen molar-refractivity contribution in [2.24, 2.45) is 0 Å². The first-order valence-electron chi connectivity index (χ1n) is 8.31. The van der Waals surface area contributed by atoms with Crippen LogP contribution in [0.3, 0.4) is 0 Å². The van der Waals surface area contributed by atoms with E-state index in [9.17, 15) is 4.79 Å². The van der Waals surface area contributed by atoms with E-state index < -0.39 is 0 Å². The summed E-state index contributed by atoms with van der Waals surface area (Å²) < 4.78 is 2.03. The van der Waals surface area contributed by atoms with Gasteiger partial charge in [0, 0.05) is 10.8 Å². The summed E-state index contributed by atoms with van der Waals surface area (Å²) in [5, 5.41) is 12.6. The quantitative estimate of drug-likeness (QED) is 0.343. The van der Waals surface area contributed by atoms with Gasteiger partial charge in [0.1, 0.15) is 10.7 Å². The van der Waals surface area contributed by atoms with E-state index in [0.717, 1.165) is 31.7 Å². The fourth-order valence-electron chi connectivity index (χ4n) is 2.86. The molecule has 0 atom stereocenters. The number of fused-ring (bicyclic) bond motifs is 3. The molecule has 4 heterocycles. The van der Waals surface area contributed by atoms with Crippen LogP contribution < -0.4 is 0 Å². The molecule has 0 aromatic carbocycles. The van der Waals surface area contributed by atoms with Gasteiger partial charge in [0.2, 0.25) is 0 Å². The van der Waals surface area contributed by atoms with Crippen LogP contribution in [0.25, 0.3) is 15.9 Å². The number of Topliss-reactive ketones (excluding diaryl/α,β-unsaturated/α-hetero) is 1. The van der Waals surface area contributed by atoms with E-state index in [4.69, 9.17) is 4.98 Å². The average molecular weight is 403 g/mol. The smallest absolute Gasteiger partial charge is 0.197 e. The number of aromatic nitrogens is 4. The standard InChI is InChI=1S/C18H18N4OS3/c1-9(2)15-19-17-14(10(3)11(4)26-17)16-20-21-18(22(15)16)25-8-12(23)13-6-5-7-24-13/h5-7,9H,8H2,1-4H3. The lowest BCUT2D eigenvalue weighted by molar-refractivity contribution is 0.102. The lowest BCUT2D eigenvalue weighted by atomic mass is 10.2. The van der Waals surface area contributed by atoms with Crippen molar-refractivity contribution < 1.29 is 4.79 Å². The molecule has 0 aliphatic carbocycles. The van der Waals surface area contributed by atoms with Crippen LogP contribution in [0.15, 0.2) is 22.7 Å². The van der Waals surface area contributed by atoms with Gasteiger partial charge in [0.25, 0.3) is 0 Å². The molecule has 0 saturated heterocycles. The van der Waals surface area contributed by atoms with E-state index in [1.54, 1.807) is 11.3 Å². The fourth-order valence-corrected chi connectivity index (χ4v) is 5.47. The molecule has 134 valence electrons. The van der Waals surface area contributed by atoms with E-state index in [-0.39, 0.29) is 11.7 Å². The van der Waals surface area contributed by atoms with Gasteiger partial charge in [-0.15, -0.1) is 32.9 Å². The molecule has 0 N–H and O–H groups in total. The van der Waals surface area contributed by atoms with E-state index in [1.807, 2.05) is 21.9 Å². The van der Waals surface area contributed by atoms with Gasteiger partial charge in [-0.05, 0) is 30.9 Å². The fraction of sp³-hybridized carbons (Fsp3) is 0.333. The number of rotatable bonds is 5. The molecule has 0 spiro atoms. The summed E-state index contributed by atoms with van der Waals surface area (Å²) in [4.78, 5) is 20.3. The minimum atomic E-state index is 0.115. The maximum Gasteiger partial charge on any atom is 0.197 e. The van der Waals surface area contributed by atoms with Crippen molar-refractivity contribution in [2.75, 3.05) is 5.75 Å². The SMILES string of the molecule is Cc1sc2nc(C(C)C)n3c(SCC(=O)c4cccs4)nnc3c2c1C. The number of nitrogens with zero attached hydrogens (tertiary/aromatic N) is 4. The minimum absolute atomic E-state index is 0.115. The lowest BCUT2D eigenvalue weighted by Gasteiger charge is -2.10. The summed E-state index contributed by atoms with van der Waals surface area (Å²) in [6.45, 7) is 8.45. The van der Waals surface area contributed by atoms with Crippen molar-refractivity contribution in [1.82, 2.24) is 19.6 Å². The average Bonchev–Trinajstić information content (AvgIpc) is 3.32. The Morgan fingerprint density at radius 3 is 2.81 bits per heavy atom. The number of thiophene rings is 2. The Kier molecular flexibility index (Phi) is 4.58. The Labute approximate surface area is 163 Å². The first-order chi connectivity index (χ1) is 12.5. The zero-order valence-corrected chi connectivity index (χ0v) is 17.4. The number of thioether (sulfide) groups is 1. The van der Waals surface area contributed by atoms with Crippen molar-refractivity contribution in [3.8, 4) is 0 Å². The largest absolute Gasteiger partial charge is 0.292 e. The summed E-state index contributed by atoms with van der Waals surface area (Å²) in [7, 11) is 0.